The van der Waals surface area contributed by atoms with Gasteiger partial charge in [0.2, 0.25) is 0 Å². The van der Waals surface area contributed by atoms with Crippen molar-refractivity contribution >= 4 is 0 Å². The van der Waals surface area contributed by atoms with Gasteiger partial charge in [0.1, 0.15) is 22.9 Å². The molecule has 0 bridgehead atoms. The molecule has 0 spiro atoms. The molecule has 18 heavy (non-hydrogen) atoms. The van der Waals surface area contributed by atoms with Gasteiger partial charge in [0.05, 0.1) is 20.8 Å². The van der Waals surface area contributed by atoms with Crippen LogP contribution in [0.15, 0.2) is 18.2 Å². The summed E-state index contributed by atoms with van der Waals surface area (Å²) in [7, 11) is 5.08. The Morgan fingerprint density at radius 3 is 2.22 bits per heavy atom. The molecule has 0 amide bonds. The van der Waals surface area contributed by atoms with E-state index in [1.807, 2.05) is 29.8 Å². The maximum atomic E-state index is 5.60. The highest BCUT2D eigenvalue weighted by molar-refractivity contribution is 5.72. The van der Waals surface area contributed by atoms with E-state index < -0.39 is 0 Å². The molecule has 1 aromatic heterocycles. The maximum absolute atomic E-state index is 5.60. The predicted molar refractivity (Wildman–Crippen MR) is 67.4 cm³/mol. The summed E-state index contributed by atoms with van der Waals surface area (Å²) in [4.78, 5) is 0. The number of rotatable bonds is 4. The molecule has 2 N–H and O–H groups in total. The molecule has 0 fully saturated rings. The van der Waals surface area contributed by atoms with Crippen LogP contribution in [0, 0.1) is 0 Å². The van der Waals surface area contributed by atoms with E-state index in [4.69, 9.17) is 15.2 Å². The van der Waals surface area contributed by atoms with E-state index in [1.165, 1.54) is 0 Å². The van der Waals surface area contributed by atoms with E-state index in [0.717, 1.165) is 5.56 Å². The van der Waals surface area contributed by atoms with Gasteiger partial charge in [-0.3, -0.25) is 0 Å². The first-order valence-corrected chi connectivity index (χ1v) is 5.52. The Kier molecular flexibility index (Phi) is 3.47. The van der Waals surface area contributed by atoms with Crippen LogP contribution in [0.3, 0.4) is 0 Å². The summed E-state index contributed by atoms with van der Waals surface area (Å²) in [5.74, 6) is 2.75. The van der Waals surface area contributed by atoms with Gasteiger partial charge in [-0.2, -0.15) is 0 Å². The number of aromatic nitrogens is 3. The summed E-state index contributed by atoms with van der Waals surface area (Å²) < 4.78 is 12.5. The van der Waals surface area contributed by atoms with E-state index in [2.05, 4.69) is 10.2 Å². The van der Waals surface area contributed by atoms with Crippen molar-refractivity contribution in [2.24, 2.45) is 12.8 Å². The Morgan fingerprint density at radius 2 is 1.78 bits per heavy atom. The van der Waals surface area contributed by atoms with Crippen LogP contribution in [0.1, 0.15) is 5.82 Å². The molecule has 6 heteroatoms. The van der Waals surface area contributed by atoms with Gasteiger partial charge in [0, 0.05) is 7.05 Å². The zero-order valence-corrected chi connectivity index (χ0v) is 10.7. The second-order valence-corrected chi connectivity index (χ2v) is 3.74. The number of hydrogen-bond acceptors (Lipinski definition) is 5. The topological polar surface area (TPSA) is 75.2 Å². The normalized spacial score (nSPS) is 10.4. The third kappa shape index (κ3) is 1.91. The highest BCUT2D eigenvalue weighted by atomic mass is 16.5. The first-order valence-electron chi connectivity index (χ1n) is 5.52. The first-order chi connectivity index (χ1) is 8.72. The SMILES string of the molecule is COc1cccc(OC)c1-c1nnc(CN)n1C. The zero-order valence-electron chi connectivity index (χ0n) is 10.7. The minimum absolute atomic E-state index is 0.334. The molecular weight excluding hydrogens is 232 g/mol. The Bertz CT molecular complexity index is 529. The van der Waals surface area contributed by atoms with Crippen LogP contribution >= 0.6 is 0 Å². The van der Waals surface area contributed by atoms with Gasteiger partial charge in [0.25, 0.3) is 0 Å². The van der Waals surface area contributed by atoms with Crippen LogP contribution < -0.4 is 15.2 Å². The van der Waals surface area contributed by atoms with E-state index in [1.54, 1.807) is 14.2 Å². The number of methoxy groups -OCH3 is 2. The quantitative estimate of drug-likeness (QED) is 0.872. The van der Waals surface area contributed by atoms with Crippen molar-refractivity contribution in [2.75, 3.05) is 14.2 Å². The van der Waals surface area contributed by atoms with Gasteiger partial charge < -0.3 is 19.8 Å². The predicted octanol–water partition coefficient (Wildman–Crippen LogP) is 0.958. The monoisotopic (exact) mass is 248 g/mol. The maximum Gasteiger partial charge on any atom is 0.171 e. The van der Waals surface area contributed by atoms with E-state index in [9.17, 15) is 0 Å². The van der Waals surface area contributed by atoms with Crippen molar-refractivity contribution in [3.05, 3.63) is 24.0 Å². The lowest BCUT2D eigenvalue weighted by Gasteiger charge is -2.12. The summed E-state index contributed by atoms with van der Waals surface area (Å²) in [5, 5.41) is 8.19. The van der Waals surface area contributed by atoms with Crippen molar-refractivity contribution < 1.29 is 9.47 Å². The van der Waals surface area contributed by atoms with Crippen LogP contribution in [-0.2, 0) is 13.6 Å². The van der Waals surface area contributed by atoms with Crippen molar-refractivity contribution in [1.82, 2.24) is 14.8 Å². The second-order valence-electron chi connectivity index (χ2n) is 3.74. The van der Waals surface area contributed by atoms with Crippen molar-refractivity contribution in [3.8, 4) is 22.9 Å². The highest BCUT2D eigenvalue weighted by Gasteiger charge is 2.18. The molecule has 2 rings (SSSR count). The minimum Gasteiger partial charge on any atom is -0.496 e. The molecule has 6 nitrogen and oxygen atoms in total. The Hall–Kier alpha value is -2.08. The average molecular weight is 248 g/mol. The van der Waals surface area contributed by atoms with E-state index >= 15 is 0 Å². The van der Waals surface area contributed by atoms with Crippen LogP contribution in [0.4, 0.5) is 0 Å². The highest BCUT2D eigenvalue weighted by Crippen LogP contribution is 2.36. The Balaban J connectivity index is 2.65. The fraction of sp³-hybridized carbons (Fsp3) is 0.333. The fourth-order valence-corrected chi connectivity index (χ4v) is 1.83. The van der Waals surface area contributed by atoms with E-state index in [-0.39, 0.29) is 0 Å². The zero-order chi connectivity index (χ0) is 13.1. The first kappa shape index (κ1) is 12.4. The molecule has 2 aromatic rings. The third-order valence-electron chi connectivity index (χ3n) is 2.80. The number of hydrogen-bond donors (Lipinski definition) is 1. The standard InChI is InChI=1S/C12H16N4O2/c1-16-10(7-13)14-15-12(16)11-8(17-2)5-4-6-9(11)18-3/h4-6H,7,13H2,1-3H3. The second kappa shape index (κ2) is 5.05. The largest absolute Gasteiger partial charge is 0.496 e. The Morgan fingerprint density at radius 1 is 1.17 bits per heavy atom. The average Bonchev–Trinajstić information content (AvgIpc) is 2.78. The smallest absolute Gasteiger partial charge is 0.171 e. The lowest BCUT2D eigenvalue weighted by molar-refractivity contribution is 0.396. The van der Waals surface area contributed by atoms with E-state index in [0.29, 0.717) is 29.7 Å². The van der Waals surface area contributed by atoms with Gasteiger partial charge in [0.15, 0.2) is 5.82 Å². The van der Waals surface area contributed by atoms with Gasteiger partial charge in [-0.15, -0.1) is 10.2 Å². The lowest BCUT2D eigenvalue weighted by Crippen LogP contribution is -2.06. The number of ether oxygens (including phenoxy) is 2. The molecule has 0 saturated carbocycles. The lowest BCUT2D eigenvalue weighted by atomic mass is 10.1. The van der Waals surface area contributed by atoms with Crippen LogP contribution in [-0.4, -0.2) is 29.0 Å². The molecule has 0 atom stereocenters. The van der Waals surface area contributed by atoms with Crippen LogP contribution in [0.5, 0.6) is 11.5 Å². The molecule has 0 aliphatic rings. The van der Waals surface area contributed by atoms with Crippen molar-refractivity contribution in [2.45, 2.75) is 6.54 Å². The van der Waals surface area contributed by atoms with Gasteiger partial charge in [-0.1, -0.05) is 6.07 Å². The van der Waals surface area contributed by atoms with Crippen molar-refractivity contribution in [3.63, 3.8) is 0 Å². The molecule has 1 aromatic carbocycles. The number of benzene rings is 1. The fourth-order valence-electron chi connectivity index (χ4n) is 1.83. The molecule has 0 saturated heterocycles. The molecule has 1 heterocycles. The van der Waals surface area contributed by atoms with Gasteiger partial charge in [-0.05, 0) is 12.1 Å². The summed E-state index contributed by atoms with van der Waals surface area (Å²) in [5.41, 5.74) is 6.37. The number of nitrogens with zero attached hydrogens (tertiary/aromatic N) is 3. The summed E-state index contributed by atoms with van der Waals surface area (Å²) in [6, 6.07) is 5.57. The summed E-state index contributed by atoms with van der Waals surface area (Å²) >= 11 is 0. The van der Waals surface area contributed by atoms with Crippen molar-refractivity contribution in [1.29, 1.82) is 0 Å². The minimum atomic E-state index is 0.334. The molecule has 0 unspecified atom stereocenters. The van der Waals surface area contributed by atoms with Gasteiger partial charge >= 0.3 is 0 Å². The Labute approximate surface area is 105 Å². The van der Waals surface area contributed by atoms with Gasteiger partial charge in [-0.25, -0.2) is 0 Å². The van der Waals surface area contributed by atoms with Crippen LogP contribution in [0.2, 0.25) is 0 Å². The molecular formula is C12H16N4O2. The molecule has 96 valence electrons. The van der Waals surface area contributed by atoms with Crippen LogP contribution in [0.25, 0.3) is 11.4 Å². The molecule has 0 aliphatic carbocycles. The number of nitrogens with two attached hydrogens (primary N) is 1. The summed E-state index contributed by atoms with van der Waals surface area (Å²) in [6.07, 6.45) is 0. The summed E-state index contributed by atoms with van der Waals surface area (Å²) in [6.45, 7) is 0.334. The molecule has 0 radical (unpaired) electrons. The molecule has 0 aliphatic heterocycles. The third-order valence-corrected chi connectivity index (χ3v) is 2.80.